The van der Waals surface area contributed by atoms with Crippen LogP contribution < -0.4 is 15.4 Å². The van der Waals surface area contributed by atoms with Crippen molar-refractivity contribution in [1.82, 2.24) is 4.98 Å². The monoisotopic (exact) mass is 441 g/mol. The average Bonchev–Trinajstić information content (AvgIpc) is 2.74. The number of nitrogens with zero attached hydrogens (tertiary/aromatic N) is 1. The summed E-state index contributed by atoms with van der Waals surface area (Å²) in [7, 11) is 1.49. The van der Waals surface area contributed by atoms with Gasteiger partial charge in [-0.3, -0.25) is 9.59 Å². The minimum absolute atomic E-state index is 0.152. The Bertz CT molecular complexity index is 1100. The van der Waals surface area contributed by atoms with Gasteiger partial charge in [-0.25, -0.2) is 4.98 Å². The Hall–Kier alpha value is -3.35. The third-order valence-corrected chi connectivity index (χ3v) is 4.63. The number of aromatic nitrogens is 1. The van der Waals surface area contributed by atoms with Crippen LogP contribution in [0.2, 0.25) is 10.2 Å². The molecular weight excluding hydrogens is 425 g/mol. The summed E-state index contributed by atoms with van der Waals surface area (Å²) in [5.74, 6) is -0.766. The van der Waals surface area contributed by atoms with E-state index in [1.807, 2.05) is 6.07 Å². The Balaban J connectivity index is 1.92. The van der Waals surface area contributed by atoms with Gasteiger partial charge in [0.15, 0.2) is 0 Å². The summed E-state index contributed by atoms with van der Waals surface area (Å²) in [6.07, 6.45) is 2.90. The smallest absolute Gasteiger partial charge is 0.261 e. The van der Waals surface area contributed by atoms with Gasteiger partial charge in [-0.1, -0.05) is 47.5 Å². The predicted molar refractivity (Wildman–Crippen MR) is 119 cm³/mol. The number of hydrogen-bond donors (Lipinski definition) is 2. The van der Waals surface area contributed by atoms with Crippen LogP contribution in [0.4, 0.5) is 11.4 Å². The lowest BCUT2D eigenvalue weighted by atomic mass is 10.1. The SMILES string of the molecule is COc1ccc(NC(=O)/C(=C/c2cccnc2Cl)C(=O)Nc2ccccc2)cc1Cl. The molecule has 2 aromatic carbocycles. The molecule has 2 N–H and O–H groups in total. The highest BCUT2D eigenvalue weighted by molar-refractivity contribution is 6.33. The third-order valence-electron chi connectivity index (χ3n) is 4.02. The van der Waals surface area contributed by atoms with Gasteiger partial charge in [0.1, 0.15) is 16.5 Å². The topological polar surface area (TPSA) is 80.3 Å². The number of carbonyl (C=O) groups is 2. The first-order valence-electron chi connectivity index (χ1n) is 8.81. The number of hydrogen-bond acceptors (Lipinski definition) is 4. The van der Waals surface area contributed by atoms with Crippen molar-refractivity contribution in [3.8, 4) is 5.75 Å². The second-order valence-electron chi connectivity index (χ2n) is 6.07. The van der Waals surface area contributed by atoms with Gasteiger partial charge in [0.25, 0.3) is 11.8 Å². The summed E-state index contributed by atoms with van der Waals surface area (Å²) in [4.78, 5) is 29.8. The molecule has 30 heavy (non-hydrogen) atoms. The van der Waals surface area contributed by atoms with Crippen LogP contribution in [-0.2, 0) is 9.59 Å². The summed E-state index contributed by atoms with van der Waals surface area (Å²) in [5, 5.41) is 5.86. The van der Waals surface area contributed by atoms with Gasteiger partial charge in [-0.2, -0.15) is 0 Å². The molecule has 6 nitrogen and oxygen atoms in total. The maximum absolute atomic E-state index is 12.9. The van der Waals surface area contributed by atoms with Crippen molar-refractivity contribution in [2.24, 2.45) is 0 Å². The van der Waals surface area contributed by atoms with Crippen molar-refractivity contribution in [2.75, 3.05) is 17.7 Å². The molecule has 0 atom stereocenters. The molecule has 0 unspecified atom stereocenters. The number of halogens is 2. The first-order valence-corrected chi connectivity index (χ1v) is 9.57. The predicted octanol–water partition coefficient (Wildman–Crippen LogP) is 5.06. The van der Waals surface area contributed by atoms with Crippen LogP contribution in [0.1, 0.15) is 5.56 Å². The molecule has 0 radical (unpaired) electrons. The van der Waals surface area contributed by atoms with E-state index in [1.165, 1.54) is 25.4 Å². The number of carbonyl (C=O) groups excluding carboxylic acids is 2. The van der Waals surface area contributed by atoms with E-state index in [0.29, 0.717) is 27.7 Å². The number of rotatable bonds is 6. The Morgan fingerprint density at radius 3 is 2.27 bits per heavy atom. The second-order valence-corrected chi connectivity index (χ2v) is 6.83. The van der Waals surface area contributed by atoms with Crippen molar-refractivity contribution in [2.45, 2.75) is 0 Å². The van der Waals surface area contributed by atoms with E-state index in [0.717, 1.165) is 0 Å². The molecule has 0 aliphatic heterocycles. The number of benzene rings is 2. The van der Waals surface area contributed by atoms with Crippen LogP contribution in [0.5, 0.6) is 5.75 Å². The summed E-state index contributed by atoms with van der Waals surface area (Å²) >= 11 is 12.2. The van der Waals surface area contributed by atoms with Gasteiger partial charge in [0.2, 0.25) is 0 Å². The highest BCUT2D eigenvalue weighted by atomic mass is 35.5. The molecule has 0 fully saturated rings. The maximum Gasteiger partial charge on any atom is 0.261 e. The first-order chi connectivity index (χ1) is 14.5. The van der Waals surface area contributed by atoms with Crippen molar-refractivity contribution in [3.63, 3.8) is 0 Å². The summed E-state index contributed by atoms with van der Waals surface area (Å²) < 4.78 is 5.11. The van der Waals surface area contributed by atoms with Crippen molar-refractivity contribution < 1.29 is 14.3 Å². The normalized spacial score (nSPS) is 11.0. The molecule has 3 rings (SSSR count). The quantitative estimate of drug-likeness (QED) is 0.242. The van der Waals surface area contributed by atoms with Crippen molar-refractivity contribution in [1.29, 1.82) is 0 Å². The lowest BCUT2D eigenvalue weighted by molar-refractivity contribution is -0.118. The highest BCUT2D eigenvalue weighted by Gasteiger charge is 2.20. The molecule has 0 bridgehead atoms. The second kappa shape index (κ2) is 9.91. The van der Waals surface area contributed by atoms with Crippen molar-refractivity contribution >= 4 is 52.5 Å². The standard InChI is InChI=1S/C22H17Cl2N3O3/c1-30-19-10-9-16(13-18(19)23)27-22(29)17(12-14-6-5-11-25-20(14)24)21(28)26-15-7-3-2-4-8-15/h2-13H,1H3,(H,26,28)(H,27,29)/b17-12+. The van der Waals surface area contributed by atoms with E-state index in [9.17, 15) is 9.59 Å². The van der Waals surface area contributed by atoms with Crippen molar-refractivity contribution in [3.05, 3.63) is 88.2 Å². The summed E-state index contributed by atoms with van der Waals surface area (Å²) in [6, 6.07) is 16.9. The number of pyridine rings is 1. The van der Waals surface area contributed by atoms with Gasteiger partial charge in [0, 0.05) is 23.1 Å². The van der Waals surface area contributed by atoms with Crippen LogP contribution in [-0.4, -0.2) is 23.9 Å². The molecule has 2 amide bonds. The molecule has 0 saturated carbocycles. The average molecular weight is 442 g/mol. The molecule has 0 aliphatic rings. The van der Waals surface area contributed by atoms with Crippen LogP contribution in [0.25, 0.3) is 6.08 Å². The molecule has 1 heterocycles. The van der Waals surface area contributed by atoms with Gasteiger partial charge < -0.3 is 15.4 Å². The number of ether oxygens (including phenoxy) is 1. The number of methoxy groups -OCH3 is 1. The highest BCUT2D eigenvalue weighted by Crippen LogP contribution is 2.27. The molecule has 1 aromatic heterocycles. The number of para-hydroxylation sites is 1. The Kier molecular flexibility index (Phi) is 7.06. The fourth-order valence-corrected chi connectivity index (χ4v) is 2.99. The third kappa shape index (κ3) is 5.37. The summed E-state index contributed by atoms with van der Waals surface area (Å²) in [6.45, 7) is 0. The van der Waals surface area contributed by atoms with Gasteiger partial charge in [-0.05, 0) is 42.5 Å². The van der Waals surface area contributed by atoms with E-state index in [-0.39, 0.29) is 10.7 Å². The Labute approximate surface area is 183 Å². The minimum Gasteiger partial charge on any atom is -0.495 e. The number of anilines is 2. The van der Waals surface area contributed by atoms with Crippen LogP contribution in [0, 0.1) is 0 Å². The lowest BCUT2D eigenvalue weighted by Gasteiger charge is -2.12. The zero-order valence-electron chi connectivity index (χ0n) is 15.9. The van der Waals surface area contributed by atoms with Gasteiger partial charge in [0.05, 0.1) is 12.1 Å². The molecule has 8 heteroatoms. The van der Waals surface area contributed by atoms with E-state index in [2.05, 4.69) is 15.6 Å². The largest absolute Gasteiger partial charge is 0.495 e. The van der Waals surface area contributed by atoms with E-state index < -0.39 is 11.8 Å². The fraction of sp³-hybridized carbons (Fsp3) is 0.0455. The minimum atomic E-state index is -0.635. The fourth-order valence-electron chi connectivity index (χ4n) is 2.56. The lowest BCUT2D eigenvalue weighted by Crippen LogP contribution is -2.25. The van der Waals surface area contributed by atoms with Crippen LogP contribution >= 0.6 is 23.2 Å². The molecule has 3 aromatic rings. The van der Waals surface area contributed by atoms with E-state index in [1.54, 1.807) is 48.5 Å². The zero-order valence-corrected chi connectivity index (χ0v) is 17.4. The number of nitrogens with one attached hydrogen (secondary N) is 2. The Morgan fingerprint density at radius 2 is 1.63 bits per heavy atom. The molecule has 0 aliphatic carbocycles. The van der Waals surface area contributed by atoms with Crippen LogP contribution in [0.15, 0.2) is 72.4 Å². The zero-order chi connectivity index (χ0) is 21.5. The molecule has 0 spiro atoms. The molecular formula is C22H17Cl2N3O3. The summed E-state index contributed by atoms with van der Waals surface area (Å²) in [5.41, 5.74) is 1.23. The molecule has 0 saturated heterocycles. The van der Waals surface area contributed by atoms with Gasteiger partial charge in [-0.15, -0.1) is 0 Å². The van der Waals surface area contributed by atoms with E-state index >= 15 is 0 Å². The van der Waals surface area contributed by atoms with E-state index in [4.69, 9.17) is 27.9 Å². The molecule has 152 valence electrons. The first kappa shape index (κ1) is 21.4. The maximum atomic E-state index is 12.9. The Morgan fingerprint density at radius 1 is 0.933 bits per heavy atom. The van der Waals surface area contributed by atoms with Crippen LogP contribution in [0.3, 0.4) is 0 Å². The number of amides is 2. The van der Waals surface area contributed by atoms with Gasteiger partial charge >= 0.3 is 0 Å².